The summed E-state index contributed by atoms with van der Waals surface area (Å²) in [5.41, 5.74) is 5.91. The first-order chi connectivity index (χ1) is 19.2. The van der Waals surface area contributed by atoms with Crippen LogP contribution in [-0.2, 0) is 6.61 Å². The van der Waals surface area contributed by atoms with Crippen LogP contribution in [0.3, 0.4) is 0 Å². The third kappa shape index (κ3) is 5.08. The summed E-state index contributed by atoms with van der Waals surface area (Å²) in [6.45, 7) is 0.354. The van der Waals surface area contributed by atoms with E-state index in [1.165, 1.54) is 19.3 Å². The van der Waals surface area contributed by atoms with E-state index < -0.39 is 5.91 Å². The number of carbonyl (C=O) groups excluding carboxylic acids is 1. The van der Waals surface area contributed by atoms with Crippen LogP contribution in [0.4, 0.5) is 0 Å². The van der Waals surface area contributed by atoms with Crippen LogP contribution in [0.1, 0.15) is 54.2 Å². The zero-order chi connectivity index (χ0) is 26.6. The Morgan fingerprint density at radius 3 is 2.46 bits per heavy atom. The highest BCUT2D eigenvalue weighted by Gasteiger charge is 2.23. The maximum Gasteiger partial charge on any atom is 0.316 e. The van der Waals surface area contributed by atoms with Crippen LogP contribution in [0.5, 0.6) is 5.75 Å². The van der Waals surface area contributed by atoms with Crippen LogP contribution in [0.2, 0.25) is 0 Å². The predicted molar refractivity (Wildman–Crippen MR) is 151 cm³/mol. The first-order valence-corrected chi connectivity index (χ1v) is 13.3. The zero-order valence-corrected chi connectivity index (χ0v) is 21.5. The topological polar surface area (TPSA) is 86.4 Å². The minimum atomic E-state index is -0.782. The molecule has 194 valence electrons. The van der Waals surface area contributed by atoms with E-state index >= 15 is 0 Å². The number of carbonyl (C=O) groups is 1. The SMILES string of the molecule is O=NC(=O)c1ccc2c(c1)nc(-c1ccc(OCc3ncccc3-c3ccccc3)cc1)n2C1CCCCC1. The smallest absolute Gasteiger partial charge is 0.316 e. The Bertz CT molecular complexity index is 1620. The molecule has 0 radical (unpaired) electrons. The molecule has 1 aliphatic rings. The lowest BCUT2D eigenvalue weighted by Gasteiger charge is -2.25. The van der Waals surface area contributed by atoms with Crippen molar-refractivity contribution in [2.24, 2.45) is 5.18 Å². The summed E-state index contributed by atoms with van der Waals surface area (Å²) < 4.78 is 8.44. The van der Waals surface area contributed by atoms with Crippen molar-refractivity contribution < 1.29 is 9.53 Å². The van der Waals surface area contributed by atoms with Crippen molar-refractivity contribution in [3.8, 4) is 28.3 Å². The van der Waals surface area contributed by atoms with Crippen molar-refractivity contribution in [2.45, 2.75) is 44.8 Å². The van der Waals surface area contributed by atoms with E-state index in [9.17, 15) is 9.70 Å². The highest BCUT2D eigenvalue weighted by atomic mass is 16.5. The standard InChI is InChI=1S/C32H28N4O3/c37-32(35-38)24-15-18-30-28(20-24)34-31(36(30)25-10-5-2-6-11-25)23-13-16-26(17-14-23)39-21-29-27(12-7-19-33-29)22-8-3-1-4-9-22/h1,3-4,7-9,12-20,25H,2,5-6,10-11,21H2. The molecule has 7 nitrogen and oxygen atoms in total. The number of fused-ring (bicyclic) bond motifs is 1. The summed E-state index contributed by atoms with van der Waals surface area (Å²) >= 11 is 0. The fraction of sp³-hybridized carbons (Fsp3) is 0.219. The van der Waals surface area contributed by atoms with Crippen molar-refractivity contribution in [3.63, 3.8) is 0 Å². The number of rotatable bonds is 7. The van der Waals surface area contributed by atoms with Gasteiger partial charge in [-0.2, -0.15) is 0 Å². The van der Waals surface area contributed by atoms with Crippen LogP contribution in [0.25, 0.3) is 33.5 Å². The number of pyridine rings is 1. The summed E-state index contributed by atoms with van der Waals surface area (Å²) in [5.74, 6) is 0.812. The summed E-state index contributed by atoms with van der Waals surface area (Å²) in [6.07, 6.45) is 7.57. The number of hydrogen-bond donors (Lipinski definition) is 0. The van der Waals surface area contributed by atoms with E-state index in [-0.39, 0.29) is 5.56 Å². The zero-order valence-electron chi connectivity index (χ0n) is 21.5. The van der Waals surface area contributed by atoms with Crippen molar-refractivity contribution in [2.75, 3.05) is 0 Å². The maximum absolute atomic E-state index is 11.9. The number of imidazole rings is 1. The van der Waals surface area contributed by atoms with Crippen molar-refractivity contribution in [1.29, 1.82) is 0 Å². The molecule has 1 saturated carbocycles. The Balaban J connectivity index is 1.29. The van der Waals surface area contributed by atoms with Gasteiger partial charge in [0, 0.05) is 34.1 Å². The predicted octanol–water partition coefficient (Wildman–Crippen LogP) is 7.76. The molecule has 1 fully saturated rings. The monoisotopic (exact) mass is 516 g/mol. The molecule has 0 saturated heterocycles. The molecule has 39 heavy (non-hydrogen) atoms. The van der Waals surface area contributed by atoms with Crippen LogP contribution >= 0.6 is 0 Å². The average Bonchev–Trinajstić information content (AvgIpc) is 3.40. The molecule has 0 bridgehead atoms. The number of amides is 1. The summed E-state index contributed by atoms with van der Waals surface area (Å²) in [6, 6.07) is 27.7. The summed E-state index contributed by atoms with van der Waals surface area (Å²) in [4.78, 5) is 32.2. The number of nitrogens with zero attached hydrogens (tertiary/aromatic N) is 4. The Labute approximate surface area is 226 Å². The van der Waals surface area contributed by atoms with Gasteiger partial charge in [-0.1, -0.05) is 55.7 Å². The lowest BCUT2D eigenvalue weighted by Crippen LogP contribution is -2.14. The van der Waals surface area contributed by atoms with Crippen molar-refractivity contribution in [1.82, 2.24) is 14.5 Å². The Morgan fingerprint density at radius 1 is 0.897 bits per heavy atom. The molecule has 5 aromatic rings. The lowest BCUT2D eigenvalue weighted by molar-refractivity contribution is 0.100. The van der Waals surface area contributed by atoms with Gasteiger partial charge in [0.05, 0.1) is 16.7 Å². The normalized spacial score (nSPS) is 13.8. The molecule has 1 aliphatic carbocycles. The van der Waals surface area contributed by atoms with Crippen LogP contribution in [0, 0.1) is 4.91 Å². The molecule has 1 amide bonds. The van der Waals surface area contributed by atoms with E-state index in [1.54, 1.807) is 18.3 Å². The summed E-state index contributed by atoms with van der Waals surface area (Å²) in [7, 11) is 0. The molecule has 0 atom stereocenters. The highest BCUT2D eigenvalue weighted by Crippen LogP contribution is 2.36. The van der Waals surface area contributed by atoms with Crippen LogP contribution < -0.4 is 4.74 Å². The molecule has 0 aliphatic heterocycles. The van der Waals surface area contributed by atoms with E-state index in [0.29, 0.717) is 18.2 Å². The van der Waals surface area contributed by atoms with Gasteiger partial charge < -0.3 is 9.30 Å². The average molecular weight is 517 g/mol. The maximum atomic E-state index is 11.9. The van der Waals surface area contributed by atoms with E-state index in [1.807, 2.05) is 54.6 Å². The minimum absolute atomic E-state index is 0.255. The van der Waals surface area contributed by atoms with Gasteiger partial charge in [0.25, 0.3) is 0 Å². The van der Waals surface area contributed by atoms with Crippen LogP contribution in [-0.4, -0.2) is 20.4 Å². The van der Waals surface area contributed by atoms with Gasteiger partial charge in [0.1, 0.15) is 18.2 Å². The highest BCUT2D eigenvalue weighted by molar-refractivity contribution is 5.98. The lowest BCUT2D eigenvalue weighted by atomic mass is 9.95. The molecule has 0 spiro atoms. The molecule has 6 rings (SSSR count). The van der Waals surface area contributed by atoms with Gasteiger partial charge in [-0.05, 0) is 66.9 Å². The fourth-order valence-corrected chi connectivity index (χ4v) is 5.48. The first-order valence-electron chi connectivity index (χ1n) is 13.3. The summed E-state index contributed by atoms with van der Waals surface area (Å²) in [5, 5.41) is 2.57. The molecular weight excluding hydrogens is 488 g/mol. The third-order valence-electron chi connectivity index (χ3n) is 7.42. The van der Waals surface area contributed by atoms with E-state index in [4.69, 9.17) is 9.72 Å². The van der Waals surface area contributed by atoms with E-state index in [2.05, 4.69) is 32.9 Å². The third-order valence-corrected chi connectivity index (χ3v) is 7.42. The molecule has 0 unspecified atom stereocenters. The number of hydrogen-bond acceptors (Lipinski definition) is 5. The first kappa shape index (κ1) is 24.7. The number of ether oxygens (including phenoxy) is 1. The molecule has 7 heteroatoms. The molecule has 3 aromatic carbocycles. The Kier molecular flexibility index (Phi) is 6.95. The largest absolute Gasteiger partial charge is 0.487 e. The van der Waals surface area contributed by atoms with Gasteiger partial charge >= 0.3 is 5.91 Å². The minimum Gasteiger partial charge on any atom is -0.487 e. The van der Waals surface area contributed by atoms with Crippen LogP contribution in [0.15, 0.2) is 96.3 Å². The fourth-order valence-electron chi connectivity index (χ4n) is 5.48. The van der Waals surface area contributed by atoms with Gasteiger partial charge in [0.15, 0.2) is 0 Å². The number of benzene rings is 3. The molecular formula is C32H28N4O3. The second kappa shape index (κ2) is 11.0. The van der Waals surface area contributed by atoms with Crippen molar-refractivity contribution in [3.05, 3.63) is 107 Å². The van der Waals surface area contributed by atoms with E-state index in [0.717, 1.165) is 52.3 Å². The van der Waals surface area contributed by atoms with Gasteiger partial charge in [-0.15, -0.1) is 4.91 Å². The van der Waals surface area contributed by atoms with Gasteiger partial charge in [-0.25, -0.2) is 4.98 Å². The molecule has 2 heterocycles. The van der Waals surface area contributed by atoms with Crippen molar-refractivity contribution >= 4 is 16.9 Å². The van der Waals surface area contributed by atoms with Gasteiger partial charge in [0.2, 0.25) is 0 Å². The molecule has 2 aromatic heterocycles. The van der Waals surface area contributed by atoms with Gasteiger partial charge in [-0.3, -0.25) is 9.78 Å². The number of nitroso groups, excluding NO2 is 1. The Morgan fingerprint density at radius 2 is 1.69 bits per heavy atom. The number of aromatic nitrogens is 3. The quantitative estimate of drug-likeness (QED) is 0.206. The Hall–Kier alpha value is -4.65. The molecule has 0 N–H and O–H groups in total. The second-order valence-electron chi connectivity index (χ2n) is 9.87. The second-order valence-corrected chi connectivity index (χ2v) is 9.87.